The summed E-state index contributed by atoms with van der Waals surface area (Å²) in [6.07, 6.45) is 7.93. The molecule has 2 aromatic rings. The van der Waals surface area contributed by atoms with Gasteiger partial charge in [0.15, 0.2) is 0 Å². The lowest BCUT2D eigenvalue weighted by Crippen LogP contribution is -2.23. The van der Waals surface area contributed by atoms with Gasteiger partial charge in [-0.2, -0.15) is 4.98 Å². The predicted molar refractivity (Wildman–Crippen MR) is 98.4 cm³/mol. The van der Waals surface area contributed by atoms with Gasteiger partial charge in [0.25, 0.3) is 0 Å². The summed E-state index contributed by atoms with van der Waals surface area (Å²) < 4.78 is 22.6. The maximum atomic E-state index is 11.3. The molecule has 1 heterocycles. The van der Waals surface area contributed by atoms with Crippen LogP contribution in [-0.2, 0) is 10.0 Å². The summed E-state index contributed by atoms with van der Waals surface area (Å²) in [4.78, 5) is 8.92. The van der Waals surface area contributed by atoms with Crippen LogP contribution in [0.5, 0.6) is 0 Å². The number of nitrogens with zero attached hydrogens (tertiary/aromatic N) is 2. The fourth-order valence-electron chi connectivity index (χ4n) is 2.95. The topological polar surface area (TPSA) is 110 Å². The number of aromatic nitrogens is 2. The Morgan fingerprint density at radius 3 is 2.44 bits per heavy atom. The molecule has 25 heavy (non-hydrogen) atoms. The fraction of sp³-hybridized carbons (Fsp3) is 0.412. The molecule has 0 atom stereocenters. The normalized spacial score (nSPS) is 15.8. The standard InChI is InChI=1S/C17H23N5O2S/c1-12-11-19-17(22-16(12)20-13-5-3-2-4-6-13)21-14-7-9-15(10-8-14)25(18,23)24/h7-11,13H,2-6H2,1H3,(H2,18,23,24)(H2,19,20,21,22). The zero-order valence-electron chi connectivity index (χ0n) is 14.2. The molecular formula is C17H23N5O2S. The molecule has 0 amide bonds. The number of hydrogen-bond donors (Lipinski definition) is 3. The highest BCUT2D eigenvalue weighted by Crippen LogP contribution is 2.23. The number of sulfonamides is 1. The van der Waals surface area contributed by atoms with E-state index in [2.05, 4.69) is 20.6 Å². The molecule has 1 fully saturated rings. The summed E-state index contributed by atoms with van der Waals surface area (Å²) in [6, 6.07) is 6.64. The average Bonchev–Trinajstić information content (AvgIpc) is 2.58. The molecule has 1 aromatic carbocycles. The second-order valence-electron chi connectivity index (χ2n) is 6.40. The van der Waals surface area contributed by atoms with Gasteiger partial charge in [0.1, 0.15) is 5.82 Å². The van der Waals surface area contributed by atoms with Crippen molar-refractivity contribution in [3.63, 3.8) is 0 Å². The van der Waals surface area contributed by atoms with Crippen LogP contribution < -0.4 is 15.8 Å². The van der Waals surface area contributed by atoms with Gasteiger partial charge >= 0.3 is 0 Å². The summed E-state index contributed by atoms with van der Waals surface area (Å²) in [6.45, 7) is 1.98. The SMILES string of the molecule is Cc1cnc(Nc2ccc(S(N)(=O)=O)cc2)nc1NC1CCCCC1. The van der Waals surface area contributed by atoms with Crippen molar-refractivity contribution in [1.29, 1.82) is 0 Å². The molecule has 0 spiro atoms. The Morgan fingerprint density at radius 1 is 1.12 bits per heavy atom. The Morgan fingerprint density at radius 2 is 1.80 bits per heavy atom. The van der Waals surface area contributed by atoms with Crippen LogP contribution in [0.15, 0.2) is 35.4 Å². The molecule has 0 aliphatic heterocycles. The molecule has 1 aromatic heterocycles. The largest absolute Gasteiger partial charge is 0.367 e. The first-order chi connectivity index (χ1) is 11.9. The third-order valence-corrected chi connectivity index (χ3v) is 5.29. The maximum absolute atomic E-state index is 11.3. The van der Waals surface area contributed by atoms with Crippen molar-refractivity contribution in [3.8, 4) is 0 Å². The van der Waals surface area contributed by atoms with Crippen LogP contribution in [0.1, 0.15) is 37.7 Å². The number of rotatable bonds is 5. The van der Waals surface area contributed by atoms with E-state index in [0.29, 0.717) is 17.7 Å². The minimum atomic E-state index is -3.69. The molecule has 8 heteroatoms. The van der Waals surface area contributed by atoms with E-state index in [9.17, 15) is 8.42 Å². The van der Waals surface area contributed by atoms with E-state index in [4.69, 9.17) is 5.14 Å². The lowest BCUT2D eigenvalue weighted by Gasteiger charge is -2.24. The second-order valence-corrected chi connectivity index (χ2v) is 7.96. The van der Waals surface area contributed by atoms with Crippen molar-refractivity contribution in [2.45, 2.75) is 50.0 Å². The number of nitrogens with two attached hydrogens (primary N) is 1. The van der Waals surface area contributed by atoms with Crippen molar-refractivity contribution in [2.24, 2.45) is 5.14 Å². The van der Waals surface area contributed by atoms with Crippen LogP contribution in [0.4, 0.5) is 17.5 Å². The minimum absolute atomic E-state index is 0.0718. The molecule has 1 aliphatic rings. The number of aryl methyl sites for hydroxylation is 1. The first-order valence-electron chi connectivity index (χ1n) is 8.42. The number of anilines is 3. The van der Waals surface area contributed by atoms with Crippen LogP contribution in [0, 0.1) is 6.92 Å². The van der Waals surface area contributed by atoms with Gasteiger partial charge in [-0.15, -0.1) is 0 Å². The number of nitrogens with one attached hydrogen (secondary N) is 2. The molecule has 3 rings (SSSR count). The fourth-order valence-corrected chi connectivity index (χ4v) is 3.46. The monoisotopic (exact) mass is 361 g/mol. The van der Waals surface area contributed by atoms with Gasteiger partial charge in [-0.25, -0.2) is 18.5 Å². The van der Waals surface area contributed by atoms with E-state index in [-0.39, 0.29) is 4.90 Å². The molecule has 0 radical (unpaired) electrons. The van der Waals surface area contributed by atoms with Gasteiger partial charge in [0.05, 0.1) is 4.90 Å². The first kappa shape index (κ1) is 17.6. The van der Waals surface area contributed by atoms with Crippen molar-refractivity contribution < 1.29 is 8.42 Å². The Kier molecular flexibility index (Phi) is 5.19. The summed E-state index contributed by atoms with van der Waals surface area (Å²) in [5, 5.41) is 11.7. The van der Waals surface area contributed by atoms with Crippen LogP contribution in [0.3, 0.4) is 0 Å². The van der Waals surface area contributed by atoms with Crippen LogP contribution >= 0.6 is 0 Å². The Hall–Kier alpha value is -2.19. The van der Waals surface area contributed by atoms with Crippen molar-refractivity contribution >= 4 is 27.5 Å². The molecule has 1 aliphatic carbocycles. The highest BCUT2D eigenvalue weighted by molar-refractivity contribution is 7.89. The summed E-state index contributed by atoms with van der Waals surface area (Å²) in [7, 11) is -3.69. The van der Waals surface area contributed by atoms with Crippen molar-refractivity contribution in [3.05, 3.63) is 36.0 Å². The quantitative estimate of drug-likeness (QED) is 0.755. The zero-order chi connectivity index (χ0) is 17.9. The molecule has 1 saturated carbocycles. The smallest absolute Gasteiger partial charge is 0.238 e. The van der Waals surface area contributed by atoms with Gasteiger partial charge in [-0.05, 0) is 44.0 Å². The highest BCUT2D eigenvalue weighted by atomic mass is 32.2. The first-order valence-corrected chi connectivity index (χ1v) is 9.96. The van der Waals surface area contributed by atoms with E-state index in [1.54, 1.807) is 18.3 Å². The summed E-state index contributed by atoms with van der Waals surface area (Å²) in [5.74, 6) is 1.30. The van der Waals surface area contributed by atoms with Crippen molar-refractivity contribution in [1.82, 2.24) is 9.97 Å². The van der Waals surface area contributed by atoms with Gasteiger partial charge < -0.3 is 10.6 Å². The van der Waals surface area contributed by atoms with Gasteiger partial charge in [0, 0.05) is 23.5 Å². The summed E-state index contributed by atoms with van der Waals surface area (Å²) >= 11 is 0. The lowest BCUT2D eigenvalue weighted by atomic mass is 9.95. The molecule has 7 nitrogen and oxygen atoms in total. The van der Waals surface area contributed by atoms with Gasteiger partial charge in [-0.3, -0.25) is 0 Å². The lowest BCUT2D eigenvalue weighted by molar-refractivity contribution is 0.461. The van der Waals surface area contributed by atoms with Crippen LogP contribution in [-0.4, -0.2) is 24.4 Å². The van der Waals surface area contributed by atoms with Crippen LogP contribution in [0.25, 0.3) is 0 Å². The van der Waals surface area contributed by atoms with E-state index in [1.165, 1.54) is 44.2 Å². The minimum Gasteiger partial charge on any atom is -0.367 e. The average molecular weight is 361 g/mol. The van der Waals surface area contributed by atoms with Gasteiger partial charge in [-0.1, -0.05) is 19.3 Å². The van der Waals surface area contributed by atoms with E-state index in [1.807, 2.05) is 6.92 Å². The summed E-state index contributed by atoms with van der Waals surface area (Å²) in [5.41, 5.74) is 1.69. The highest BCUT2D eigenvalue weighted by Gasteiger charge is 2.15. The zero-order valence-corrected chi connectivity index (χ0v) is 15.0. The molecule has 0 unspecified atom stereocenters. The second kappa shape index (κ2) is 7.37. The number of benzene rings is 1. The third kappa shape index (κ3) is 4.67. The van der Waals surface area contributed by atoms with E-state index in [0.717, 1.165) is 11.4 Å². The molecule has 0 saturated heterocycles. The third-order valence-electron chi connectivity index (χ3n) is 4.36. The molecule has 4 N–H and O–H groups in total. The Balaban J connectivity index is 1.73. The number of hydrogen-bond acceptors (Lipinski definition) is 6. The Labute approximate surface area is 148 Å². The Bertz CT molecular complexity index is 831. The molecular weight excluding hydrogens is 338 g/mol. The predicted octanol–water partition coefficient (Wildman–Crippen LogP) is 2.92. The number of primary sulfonamides is 1. The molecule has 0 bridgehead atoms. The van der Waals surface area contributed by atoms with Crippen molar-refractivity contribution in [2.75, 3.05) is 10.6 Å². The van der Waals surface area contributed by atoms with Crippen LogP contribution in [0.2, 0.25) is 0 Å². The van der Waals surface area contributed by atoms with E-state index < -0.39 is 10.0 Å². The maximum Gasteiger partial charge on any atom is 0.238 e. The molecule has 134 valence electrons. The van der Waals surface area contributed by atoms with E-state index >= 15 is 0 Å². The van der Waals surface area contributed by atoms with Gasteiger partial charge in [0.2, 0.25) is 16.0 Å².